The second-order valence-electron chi connectivity index (χ2n) is 4.84. The topological polar surface area (TPSA) is 60.8 Å². The maximum Gasteiger partial charge on any atom is 0.422 e. The zero-order chi connectivity index (χ0) is 17.9. The molecule has 9 heteroatoms. The molecule has 5 nitrogen and oxygen atoms in total. The van der Waals surface area contributed by atoms with E-state index in [1.807, 2.05) is 0 Å². The van der Waals surface area contributed by atoms with Gasteiger partial charge in [0.05, 0.1) is 24.3 Å². The molecule has 127 valence electrons. The Labute approximate surface area is 139 Å². The second kappa shape index (κ2) is 6.80. The molecule has 0 N–H and O–H groups in total. The number of ether oxygens (including phenoxy) is 1. The smallest absolute Gasteiger partial charge is 0.422 e. The molecule has 0 fully saturated rings. The van der Waals surface area contributed by atoms with Crippen LogP contribution in [0.2, 0.25) is 0 Å². The van der Waals surface area contributed by atoms with Gasteiger partial charge in [-0.15, -0.1) is 0 Å². The average molecular weight is 349 g/mol. The number of benzene rings is 1. The van der Waals surface area contributed by atoms with Crippen molar-refractivity contribution in [3.05, 3.63) is 54.9 Å². The van der Waals surface area contributed by atoms with E-state index in [2.05, 4.69) is 30.9 Å². The van der Waals surface area contributed by atoms with E-state index in [0.29, 0.717) is 0 Å². The molecule has 0 saturated heterocycles. The van der Waals surface area contributed by atoms with E-state index in [1.54, 1.807) is 6.07 Å². The summed E-state index contributed by atoms with van der Waals surface area (Å²) < 4.78 is 55.0. The Morgan fingerprint density at radius 1 is 1.00 bits per heavy atom. The number of rotatable bonds is 4. The molecule has 0 amide bonds. The van der Waals surface area contributed by atoms with Gasteiger partial charge in [0, 0.05) is 5.56 Å². The molecule has 2 aromatic heterocycles. The maximum absolute atomic E-state index is 13.9. The van der Waals surface area contributed by atoms with Crippen molar-refractivity contribution in [3.63, 3.8) is 0 Å². The minimum absolute atomic E-state index is 0.0327. The predicted molar refractivity (Wildman–Crippen MR) is 78.8 cm³/mol. The molecule has 2 heterocycles. The van der Waals surface area contributed by atoms with Crippen LogP contribution in [-0.2, 0) is 0 Å². The third-order valence-corrected chi connectivity index (χ3v) is 2.98. The standard InChI is InChI=1S/C16H9F4N4O/c17-11-4-2-1-3-10(11)12-5-21-6-13(23-12)14-7-22-8-15(24-14)25-9-16(18,19)20/h1-6,8H,9H2. The molecule has 0 aliphatic rings. The zero-order valence-corrected chi connectivity index (χ0v) is 12.5. The van der Waals surface area contributed by atoms with Crippen molar-refractivity contribution in [2.45, 2.75) is 6.18 Å². The van der Waals surface area contributed by atoms with Gasteiger partial charge in [0.1, 0.15) is 23.4 Å². The van der Waals surface area contributed by atoms with Crippen LogP contribution in [0.5, 0.6) is 5.88 Å². The molecule has 0 saturated carbocycles. The highest BCUT2D eigenvalue weighted by atomic mass is 19.4. The van der Waals surface area contributed by atoms with E-state index < -0.39 is 18.6 Å². The molecular weight excluding hydrogens is 340 g/mol. The first-order valence-electron chi connectivity index (χ1n) is 6.94. The summed E-state index contributed by atoms with van der Waals surface area (Å²) in [6, 6.07) is 5.99. The number of nitrogens with zero attached hydrogens (tertiary/aromatic N) is 4. The monoisotopic (exact) mass is 349 g/mol. The van der Waals surface area contributed by atoms with Crippen LogP contribution in [-0.4, -0.2) is 32.7 Å². The third-order valence-electron chi connectivity index (χ3n) is 2.98. The Hall–Kier alpha value is -3.10. The summed E-state index contributed by atoms with van der Waals surface area (Å²) in [6.07, 6.45) is 1.68. The van der Waals surface area contributed by atoms with Crippen molar-refractivity contribution < 1.29 is 22.3 Å². The number of aromatic nitrogens is 4. The Morgan fingerprint density at radius 3 is 2.52 bits per heavy atom. The molecule has 0 unspecified atom stereocenters. The van der Waals surface area contributed by atoms with Gasteiger partial charge in [-0.2, -0.15) is 13.2 Å². The fraction of sp³-hybridized carbons (Fsp3) is 0.125. The number of hydrogen-bond donors (Lipinski definition) is 0. The van der Waals surface area contributed by atoms with Gasteiger partial charge in [-0.25, -0.2) is 19.3 Å². The Morgan fingerprint density at radius 2 is 1.76 bits per heavy atom. The normalized spacial score (nSPS) is 11.4. The van der Waals surface area contributed by atoms with Crippen molar-refractivity contribution in [1.82, 2.24) is 19.9 Å². The van der Waals surface area contributed by atoms with Crippen molar-refractivity contribution in [3.8, 4) is 28.5 Å². The van der Waals surface area contributed by atoms with Crippen molar-refractivity contribution in [1.29, 1.82) is 0 Å². The molecule has 1 radical (unpaired) electrons. The summed E-state index contributed by atoms with van der Waals surface area (Å²) >= 11 is 0. The van der Waals surface area contributed by atoms with Gasteiger partial charge in [0.2, 0.25) is 5.88 Å². The Balaban J connectivity index is 1.90. The first-order valence-corrected chi connectivity index (χ1v) is 6.94. The molecular formula is C16H9F4N4O. The van der Waals surface area contributed by atoms with Crippen molar-refractivity contribution >= 4 is 0 Å². The number of hydrogen-bond acceptors (Lipinski definition) is 5. The first kappa shape index (κ1) is 16.7. The van der Waals surface area contributed by atoms with Crippen LogP contribution in [0.15, 0.2) is 42.9 Å². The molecule has 0 aliphatic carbocycles. The predicted octanol–water partition coefficient (Wildman–Crippen LogP) is 3.48. The average Bonchev–Trinajstić information content (AvgIpc) is 2.60. The largest absolute Gasteiger partial charge is 0.467 e. The lowest BCUT2D eigenvalue weighted by Crippen LogP contribution is -2.19. The molecule has 3 aromatic rings. The molecule has 0 atom stereocenters. The number of halogens is 4. The Kier molecular flexibility index (Phi) is 4.55. The lowest BCUT2D eigenvalue weighted by Gasteiger charge is -2.09. The van der Waals surface area contributed by atoms with E-state index in [-0.39, 0.29) is 28.5 Å². The van der Waals surface area contributed by atoms with Crippen LogP contribution in [0, 0.1) is 12.0 Å². The number of alkyl halides is 3. The lowest BCUT2D eigenvalue weighted by atomic mass is 10.1. The van der Waals surface area contributed by atoms with Crippen LogP contribution in [0.4, 0.5) is 17.6 Å². The minimum atomic E-state index is -4.49. The summed E-state index contributed by atoms with van der Waals surface area (Å²) in [5.41, 5.74) is 0.678. The van der Waals surface area contributed by atoms with Gasteiger partial charge in [0.25, 0.3) is 0 Å². The summed E-state index contributed by atoms with van der Waals surface area (Å²) in [5, 5.41) is 0. The van der Waals surface area contributed by atoms with E-state index in [0.717, 1.165) is 6.20 Å². The highest BCUT2D eigenvalue weighted by Gasteiger charge is 2.28. The van der Waals surface area contributed by atoms with Gasteiger partial charge in [-0.05, 0) is 12.1 Å². The maximum atomic E-state index is 13.9. The first-order chi connectivity index (χ1) is 11.9. The fourth-order valence-electron chi connectivity index (χ4n) is 1.93. The highest BCUT2D eigenvalue weighted by Crippen LogP contribution is 2.23. The quantitative estimate of drug-likeness (QED) is 0.675. The van der Waals surface area contributed by atoms with Gasteiger partial charge in [-0.3, -0.25) is 4.98 Å². The minimum Gasteiger partial charge on any atom is -0.467 e. The van der Waals surface area contributed by atoms with E-state index >= 15 is 0 Å². The summed E-state index contributed by atoms with van der Waals surface area (Å²) in [5.74, 6) is -0.810. The van der Waals surface area contributed by atoms with Crippen molar-refractivity contribution in [2.75, 3.05) is 6.61 Å². The third kappa shape index (κ3) is 4.25. The molecule has 25 heavy (non-hydrogen) atoms. The van der Waals surface area contributed by atoms with E-state index in [1.165, 1.54) is 30.6 Å². The SMILES string of the molecule is Fc1ccccc1-c1cncc(-c2[c]ncc(OCC(F)(F)F)n2)n1. The van der Waals surface area contributed by atoms with Crippen LogP contribution >= 0.6 is 0 Å². The van der Waals surface area contributed by atoms with Crippen LogP contribution in [0.1, 0.15) is 0 Å². The van der Waals surface area contributed by atoms with Crippen LogP contribution in [0.25, 0.3) is 22.6 Å². The van der Waals surface area contributed by atoms with Crippen LogP contribution in [0.3, 0.4) is 0 Å². The summed E-state index contributed by atoms with van der Waals surface area (Å²) in [4.78, 5) is 15.7. The van der Waals surface area contributed by atoms with Crippen molar-refractivity contribution in [2.24, 2.45) is 0 Å². The highest BCUT2D eigenvalue weighted by molar-refractivity contribution is 5.62. The van der Waals surface area contributed by atoms with Crippen LogP contribution < -0.4 is 4.74 Å². The summed E-state index contributed by atoms with van der Waals surface area (Å²) in [6.45, 7) is -1.49. The molecule has 1 aromatic carbocycles. The van der Waals surface area contributed by atoms with Gasteiger partial charge in [-0.1, -0.05) is 12.1 Å². The molecule has 0 bridgehead atoms. The summed E-state index contributed by atoms with van der Waals surface area (Å²) in [7, 11) is 0. The Bertz CT molecular complexity index is 886. The zero-order valence-electron chi connectivity index (χ0n) is 12.5. The molecule has 3 rings (SSSR count). The fourth-order valence-corrected chi connectivity index (χ4v) is 1.93. The van der Waals surface area contributed by atoms with Gasteiger partial charge < -0.3 is 4.74 Å². The van der Waals surface area contributed by atoms with E-state index in [4.69, 9.17) is 0 Å². The van der Waals surface area contributed by atoms with Gasteiger partial charge >= 0.3 is 6.18 Å². The van der Waals surface area contributed by atoms with E-state index in [9.17, 15) is 17.6 Å². The molecule has 0 spiro atoms. The second-order valence-corrected chi connectivity index (χ2v) is 4.84. The van der Waals surface area contributed by atoms with Gasteiger partial charge in [0.15, 0.2) is 6.61 Å². The lowest BCUT2D eigenvalue weighted by molar-refractivity contribution is -0.154. The molecule has 0 aliphatic heterocycles.